The van der Waals surface area contributed by atoms with Gasteiger partial charge >= 0.3 is 19.1 Å². The van der Waals surface area contributed by atoms with Crippen LogP contribution in [0.25, 0.3) is 27.4 Å². The largest absolute Gasteiger partial charge is 0.490 e. The normalized spacial score (nSPS) is 26.4. The van der Waals surface area contributed by atoms with Crippen LogP contribution in [0.1, 0.15) is 59.9 Å². The van der Waals surface area contributed by atoms with Crippen molar-refractivity contribution in [3.8, 4) is 0 Å². The van der Waals surface area contributed by atoms with Gasteiger partial charge in [-0.2, -0.15) is 0 Å². The molecule has 0 amide bonds. The fourth-order valence-corrected chi connectivity index (χ4v) is 8.35. The molecule has 3 heterocycles. The van der Waals surface area contributed by atoms with E-state index in [1.54, 1.807) is 30.6 Å². The Morgan fingerprint density at radius 1 is 0.778 bits per heavy atom. The van der Waals surface area contributed by atoms with E-state index < -0.39 is 0 Å². The first-order chi connectivity index (χ1) is 25.7. The summed E-state index contributed by atoms with van der Waals surface area (Å²) in [6, 6.07) is 12.9. The van der Waals surface area contributed by atoms with Crippen LogP contribution in [0.3, 0.4) is 0 Å². The van der Waals surface area contributed by atoms with Crippen molar-refractivity contribution in [3.05, 3.63) is 100 Å². The quantitative estimate of drug-likeness (QED) is 0.141. The minimum Gasteiger partial charge on any atom is -0.466 e. The minimum absolute atomic E-state index is 0.0218. The SMILES string of the molecule is CCOC(=O)[C@H]1[C@@H]2C=C(B3OC(C)(C)C(C)(C)O3)C[C@@H]21.CCOC(=O)[C@H]1[C@@H]2C=C(c3ccnc4ccc(F)cc34)C[C@@H]21.Fc1ccc2nccc(Br)c2c1. The van der Waals surface area contributed by atoms with Crippen molar-refractivity contribution in [1.29, 1.82) is 0 Å². The number of aromatic nitrogens is 2. The molecule has 2 aromatic heterocycles. The summed E-state index contributed by atoms with van der Waals surface area (Å²) in [7, 11) is -0.254. The third-order valence-electron chi connectivity index (χ3n) is 11.6. The van der Waals surface area contributed by atoms with Gasteiger partial charge in [-0.1, -0.05) is 28.1 Å². The second-order valence-electron chi connectivity index (χ2n) is 15.4. The fraction of sp³-hybridized carbons (Fsp3) is 0.429. The Morgan fingerprint density at radius 2 is 1.30 bits per heavy atom. The molecule has 2 aromatic carbocycles. The van der Waals surface area contributed by atoms with Crippen molar-refractivity contribution in [2.24, 2.45) is 35.5 Å². The second-order valence-corrected chi connectivity index (χ2v) is 16.3. The molecular weight excluding hydrogens is 757 g/mol. The molecule has 1 aliphatic heterocycles. The number of rotatable bonds is 6. The predicted octanol–water partition coefficient (Wildman–Crippen LogP) is 9.10. The highest BCUT2D eigenvalue weighted by atomic mass is 79.9. The summed E-state index contributed by atoms with van der Waals surface area (Å²) in [4.78, 5) is 31.9. The van der Waals surface area contributed by atoms with Gasteiger partial charge in [-0.3, -0.25) is 19.6 Å². The van der Waals surface area contributed by atoms with E-state index in [0.29, 0.717) is 31.0 Å². The molecule has 0 spiro atoms. The van der Waals surface area contributed by atoms with Gasteiger partial charge in [-0.15, -0.1) is 0 Å². The molecular formula is C42H44BBrF2N2O6. The van der Waals surface area contributed by atoms with Gasteiger partial charge in [0.25, 0.3) is 0 Å². The Morgan fingerprint density at radius 3 is 1.81 bits per heavy atom. The Bertz CT molecular complexity index is 2160. The van der Waals surface area contributed by atoms with Crippen molar-refractivity contribution >= 4 is 62.4 Å². The average molecular weight is 802 g/mol. The number of allylic oxidation sites excluding steroid dienone is 4. The van der Waals surface area contributed by atoms with E-state index in [1.165, 1.54) is 35.3 Å². The molecule has 0 N–H and O–H groups in total. The highest BCUT2D eigenvalue weighted by molar-refractivity contribution is 9.10. The van der Waals surface area contributed by atoms with Crippen LogP contribution in [0.4, 0.5) is 8.78 Å². The van der Waals surface area contributed by atoms with Crippen LogP contribution in [0.5, 0.6) is 0 Å². The average Bonchev–Trinajstić information content (AvgIpc) is 3.80. The summed E-state index contributed by atoms with van der Waals surface area (Å²) in [5.41, 5.74) is 4.40. The molecule has 3 fully saturated rings. The molecule has 6 atom stereocenters. The zero-order valence-electron chi connectivity index (χ0n) is 31.3. The third kappa shape index (κ3) is 7.49. The highest BCUT2D eigenvalue weighted by Gasteiger charge is 2.61. The zero-order chi connectivity index (χ0) is 38.5. The molecule has 0 radical (unpaired) electrons. The van der Waals surface area contributed by atoms with Crippen LogP contribution >= 0.6 is 15.9 Å². The van der Waals surface area contributed by atoms with Crippen LogP contribution in [0, 0.1) is 47.1 Å². The smallest absolute Gasteiger partial charge is 0.466 e. The summed E-state index contributed by atoms with van der Waals surface area (Å²) in [5.74, 6) is 0.841. The molecule has 5 aliphatic rings. The molecule has 1 saturated heterocycles. The van der Waals surface area contributed by atoms with Crippen molar-refractivity contribution < 1.29 is 37.2 Å². The van der Waals surface area contributed by atoms with Crippen LogP contribution in [-0.4, -0.2) is 53.4 Å². The topological polar surface area (TPSA) is 96.8 Å². The first-order valence-electron chi connectivity index (χ1n) is 18.6. The Labute approximate surface area is 323 Å². The fourth-order valence-electron chi connectivity index (χ4n) is 7.92. The van der Waals surface area contributed by atoms with Gasteiger partial charge < -0.3 is 18.8 Å². The predicted molar refractivity (Wildman–Crippen MR) is 207 cm³/mol. The molecule has 12 heteroatoms. The van der Waals surface area contributed by atoms with Gasteiger partial charge in [0.1, 0.15) is 11.6 Å². The van der Waals surface area contributed by atoms with Crippen LogP contribution in [-0.2, 0) is 28.4 Å². The van der Waals surface area contributed by atoms with E-state index in [1.807, 2.05) is 19.9 Å². The lowest BCUT2D eigenvalue weighted by Gasteiger charge is -2.32. The van der Waals surface area contributed by atoms with Gasteiger partial charge in [-0.25, -0.2) is 8.78 Å². The van der Waals surface area contributed by atoms with Gasteiger partial charge in [0.05, 0.1) is 47.3 Å². The Kier molecular flexibility index (Phi) is 10.6. The van der Waals surface area contributed by atoms with Gasteiger partial charge in [0.15, 0.2) is 0 Å². The lowest BCUT2D eigenvalue weighted by Crippen LogP contribution is -2.41. The first kappa shape index (κ1) is 38.3. The second kappa shape index (κ2) is 14.9. The summed E-state index contributed by atoms with van der Waals surface area (Å²) < 4.78 is 49.5. The number of fused-ring (bicyclic) bond motifs is 4. The number of ether oxygens (including phenoxy) is 2. The van der Waals surface area contributed by atoms with E-state index in [4.69, 9.17) is 18.8 Å². The lowest BCUT2D eigenvalue weighted by molar-refractivity contribution is -0.146. The van der Waals surface area contributed by atoms with Crippen molar-refractivity contribution in [3.63, 3.8) is 0 Å². The van der Waals surface area contributed by atoms with Crippen LogP contribution < -0.4 is 0 Å². The van der Waals surface area contributed by atoms with E-state index in [0.717, 1.165) is 44.7 Å². The van der Waals surface area contributed by atoms with Crippen molar-refractivity contribution in [2.75, 3.05) is 13.2 Å². The highest BCUT2D eigenvalue weighted by Crippen LogP contribution is 2.59. The van der Waals surface area contributed by atoms with Gasteiger partial charge in [-0.05, 0) is 143 Å². The summed E-state index contributed by atoms with van der Waals surface area (Å²) in [5, 5.41) is 1.64. The van der Waals surface area contributed by atoms with Gasteiger partial charge in [0, 0.05) is 27.6 Å². The van der Waals surface area contributed by atoms with Crippen molar-refractivity contribution in [2.45, 2.75) is 65.6 Å². The monoisotopic (exact) mass is 800 g/mol. The van der Waals surface area contributed by atoms with Gasteiger partial charge in [0.2, 0.25) is 0 Å². The number of carbonyl (C=O) groups excluding carboxylic acids is 2. The molecule has 4 aromatic rings. The van der Waals surface area contributed by atoms with E-state index >= 15 is 0 Å². The maximum absolute atomic E-state index is 13.5. The summed E-state index contributed by atoms with van der Waals surface area (Å²) in [6.07, 6.45) is 9.52. The van der Waals surface area contributed by atoms with E-state index in [2.05, 4.69) is 65.7 Å². The molecule has 4 aliphatic carbocycles. The van der Waals surface area contributed by atoms with E-state index in [9.17, 15) is 18.4 Å². The third-order valence-corrected chi connectivity index (χ3v) is 12.3. The number of benzene rings is 2. The number of halogens is 3. The maximum atomic E-state index is 13.5. The number of esters is 2. The molecule has 8 nitrogen and oxygen atoms in total. The first-order valence-corrected chi connectivity index (χ1v) is 19.4. The van der Waals surface area contributed by atoms with Crippen molar-refractivity contribution in [1.82, 2.24) is 9.97 Å². The standard InChI is InChI=1S/C18H16FNO2.C15H23BO4.C9H5BrFN/c1-2-22-18(21)17-14-7-10(8-15(14)17)12-5-6-20-16-4-3-11(19)9-13(12)16;1-6-18-13(17)12-10-7-9(8-11(10)12)16-19-14(2,3)15(4,5)20-16;10-8-3-4-12-9-2-1-6(11)5-7(8)9/h3-7,9,14-15,17H,2,8H2,1H3;7,10-12H,6,8H2,1-5H3;1-5H/t14-,15+,17+;10-,11+,12+;/m11./s1. The minimum atomic E-state index is -0.300. The molecule has 9 rings (SSSR count). The number of hydrogen-bond acceptors (Lipinski definition) is 8. The maximum Gasteiger partial charge on any atom is 0.490 e. The van der Waals surface area contributed by atoms with Crippen LogP contribution in [0.2, 0.25) is 0 Å². The zero-order valence-corrected chi connectivity index (χ0v) is 32.9. The number of pyridine rings is 2. The number of carbonyl (C=O) groups is 2. The van der Waals surface area contributed by atoms with E-state index in [-0.39, 0.29) is 59.6 Å². The Balaban J connectivity index is 0.000000130. The molecule has 2 saturated carbocycles. The molecule has 54 heavy (non-hydrogen) atoms. The van der Waals surface area contributed by atoms with Crippen LogP contribution in [0.15, 0.2) is 83.0 Å². The lowest BCUT2D eigenvalue weighted by atomic mass is 9.76. The number of nitrogens with zero attached hydrogens (tertiary/aromatic N) is 2. The summed E-state index contributed by atoms with van der Waals surface area (Å²) >= 11 is 3.32. The Hall–Kier alpha value is -4.00. The molecule has 0 bridgehead atoms. The molecule has 282 valence electrons. The summed E-state index contributed by atoms with van der Waals surface area (Å²) in [6.45, 7) is 12.8. The molecule has 0 unspecified atom stereocenters. The number of hydrogen-bond donors (Lipinski definition) is 0.